The number of aryl methyl sites for hydroxylation is 1. The third-order valence-electron chi connectivity index (χ3n) is 4.22. The molecule has 0 saturated heterocycles. The van der Waals surface area contributed by atoms with Gasteiger partial charge in [0.1, 0.15) is 5.82 Å². The number of sulfonamides is 1. The number of nitrogens with one attached hydrogen (secondary N) is 1. The minimum absolute atomic E-state index is 0.0302. The molecule has 1 aromatic heterocycles. The Bertz CT molecular complexity index is 1100. The first-order valence-corrected chi connectivity index (χ1v) is 10.3. The van der Waals surface area contributed by atoms with Gasteiger partial charge in [0.15, 0.2) is 0 Å². The average Bonchev–Trinajstić information content (AvgIpc) is 3.15. The average molecular weight is 419 g/mol. The highest BCUT2D eigenvalue weighted by Gasteiger charge is 2.24. The minimum Gasteiger partial charge on any atom is -0.307 e. The molecule has 2 aromatic carbocycles. The number of hydrogen-bond acceptors (Lipinski definition) is 4. The third-order valence-corrected chi connectivity index (χ3v) is 6.33. The van der Waals surface area contributed by atoms with Gasteiger partial charge in [-0.1, -0.05) is 29.8 Å². The van der Waals surface area contributed by atoms with E-state index in [2.05, 4.69) is 10.4 Å². The van der Waals surface area contributed by atoms with Crippen LogP contribution in [-0.4, -0.2) is 31.2 Å². The van der Waals surface area contributed by atoms with Crippen molar-refractivity contribution in [3.05, 3.63) is 71.4 Å². The summed E-state index contributed by atoms with van der Waals surface area (Å²) < 4.78 is 28.7. The number of aromatic nitrogens is 2. The molecule has 1 N–H and O–H groups in total. The van der Waals surface area contributed by atoms with Crippen molar-refractivity contribution in [2.24, 2.45) is 0 Å². The number of para-hydroxylation sites is 1. The second kappa shape index (κ2) is 8.04. The predicted octanol–water partition coefficient (Wildman–Crippen LogP) is 3.63. The molecule has 0 aliphatic carbocycles. The van der Waals surface area contributed by atoms with Crippen LogP contribution < -0.4 is 9.62 Å². The van der Waals surface area contributed by atoms with E-state index >= 15 is 0 Å². The highest BCUT2D eigenvalue weighted by atomic mass is 35.5. The molecule has 3 rings (SSSR count). The van der Waals surface area contributed by atoms with Gasteiger partial charge in [0, 0.05) is 19.7 Å². The molecular weight excluding hydrogens is 400 g/mol. The normalized spacial score (nSPS) is 11.2. The summed E-state index contributed by atoms with van der Waals surface area (Å²) in [5.41, 5.74) is 0.573. The Morgan fingerprint density at radius 3 is 2.57 bits per heavy atom. The highest BCUT2D eigenvalue weighted by Crippen LogP contribution is 2.26. The quantitative estimate of drug-likeness (QED) is 0.662. The van der Waals surface area contributed by atoms with Gasteiger partial charge >= 0.3 is 0 Å². The SMILES string of the molecule is CCn1nccc1NC(=O)c1cc(S(=O)(=O)N(C)c2ccccc2)ccc1Cl. The lowest BCUT2D eigenvalue weighted by Gasteiger charge is -2.20. The Morgan fingerprint density at radius 2 is 1.89 bits per heavy atom. The van der Waals surface area contributed by atoms with E-state index in [9.17, 15) is 13.2 Å². The maximum atomic E-state index is 13.0. The fourth-order valence-corrected chi connectivity index (χ4v) is 4.07. The molecule has 3 aromatic rings. The Morgan fingerprint density at radius 1 is 1.18 bits per heavy atom. The lowest BCUT2D eigenvalue weighted by atomic mass is 10.2. The van der Waals surface area contributed by atoms with E-state index in [0.717, 1.165) is 4.31 Å². The summed E-state index contributed by atoms with van der Waals surface area (Å²) in [5.74, 6) is -0.0159. The van der Waals surface area contributed by atoms with E-state index in [4.69, 9.17) is 11.6 Å². The molecule has 0 atom stereocenters. The Hall–Kier alpha value is -2.84. The number of halogens is 1. The van der Waals surface area contributed by atoms with Crippen LogP contribution in [0.25, 0.3) is 0 Å². The smallest absolute Gasteiger partial charge is 0.264 e. The van der Waals surface area contributed by atoms with Crippen LogP contribution in [-0.2, 0) is 16.6 Å². The second-order valence-corrected chi connectivity index (χ2v) is 8.31. The molecule has 0 unspecified atom stereocenters. The number of hydrogen-bond donors (Lipinski definition) is 1. The molecule has 146 valence electrons. The number of benzene rings is 2. The van der Waals surface area contributed by atoms with E-state index < -0.39 is 15.9 Å². The number of carbonyl (C=O) groups is 1. The van der Waals surface area contributed by atoms with Crippen LogP contribution in [0.4, 0.5) is 11.5 Å². The van der Waals surface area contributed by atoms with Gasteiger partial charge in [0.25, 0.3) is 15.9 Å². The van der Waals surface area contributed by atoms with Crippen molar-refractivity contribution in [3.8, 4) is 0 Å². The second-order valence-electron chi connectivity index (χ2n) is 5.94. The van der Waals surface area contributed by atoms with Crippen molar-refractivity contribution >= 4 is 39.0 Å². The first-order valence-electron chi connectivity index (χ1n) is 8.51. The highest BCUT2D eigenvalue weighted by molar-refractivity contribution is 7.92. The van der Waals surface area contributed by atoms with E-state index in [0.29, 0.717) is 18.1 Å². The van der Waals surface area contributed by atoms with E-state index in [1.807, 2.05) is 6.92 Å². The first kappa shape index (κ1) is 19.9. The summed E-state index contributed by atoms with van der Waals surface area (Å²) in [6.45, 7) is 2.47. The van der Waals surface area contributed by atoms with Crippen LogP contribution in [0.15, 0.2) is 65.7 Å². The standard InChI is InChI=1S/C19H19ClN4O3S/c1-3-24-18(11-12-21-24)22-19(25)16-13-15(9-10-17(16)20)28(26,27)23(2)14-7-5-4-6-8-14/h4-13H,3H2,1-2H3,(H,22,25). The van der Waals surface area contributed by atoms with Gasteiger partial charge in [0.05, 0.1) is 27.4 Å². The van der Waals surface area contributed by atoms with Crippen molar-refractivity contribution in [1.29, 1.82) is 0 Å². The van der Waals surface area contributed by atoms with Gasteiger partial charge in [0.2, 0.25) is 0 Å². The van der Waals surface area contributed by atoms with Crippen LogP contribution in [0.5, 0.6) is 0 Å². The van der Waals surface area contributed by atoms with E-state index in [1.165, 1.54) is 25.2 Å². The molecule has 0 radical (unpaired) electrons. The van der Waals surface area contributed by atoms with Crippen molar-refractivity contribution in [1.82, 2.24) is 9.78 Å². The summed E-state index contributed by atoms with van der Waals surface area (Å²) in [4.78, 5) is 12.6. The molecule has 1 heterocycles. The topological polar surface area (TPSA) is 84.3 Å². The minimum atomic E-state index is -3.86. The third kappa shape index (κ3) is 3.88. The summed E-state index contributed by atoms with van der Waals surface area (Å²) in [6, 6.07) is 14.4. The zero-order valence-corrected chi connectivity index (χ0v) is 16.9. The first-order chi connectivity index (χ1) is 13.3. The number of amides is 1. The largest absolute Gasteiger partial charge is 0.307 e. The van der Waals surface area contributed by atoms with E-state index in [-0.39, 0.29) is 15.5 Å². The molecule has 0 aliphatic rings. The van der Waals surface area contributed by atoms with Gasteiger partial charge in [-0.3, -0.25) is 9.10 Å². The van der Waals surface area contributed by atoms with Crippen molar-refractivity contribution in [2.45, 2.75) is 18.4 Å². The maximum Gasteiger partial charge on any atom is 0.264 e. The molecule has 28 heavy (non-hydrogen) atoms. The summed E-state index contributed by atoms with van der Waals surface area (Å²) >= 11 is 6.16. The summed E-state index contributed by atoms with van der Waals surface area (Å²) in [5, 5.41) is 6.94. The molecule has 1 amide bonds. The summed E-state index contributed by atoms with van der Waals surface area (Å²) in [7, 11) is -2.41. The van der Waals surface area contributed by atoms with Gasteiger partial charge in [-0.05, 0) is 37.3 Å². The Labute approximate surface area is 168 Å². The number of rotatable bonds is 6. The lowest BCUT2D eigenvalue weighted by molar-refractivity contribution is 0.102. The van der Waals surface area contributed by atoms with Crippen LogP contribution in [0.3, 0.4) is 0 Å². The Kier molecular flexibility index (Phi) is 5.71. The fraction of sp³-hybridized carbons (Fsp3) is 0.158. The fourth-order valence-electron chi connectivity index (χ4n) is 2.65. The molecule has 0 spiro atoms. The van der Waals surface area contributed by atoms with Crippen LogP contribution in [0.2, 0.25) is 5.02 Å². The van der Waals surface area contributed by atoms with Gasteiger partial charge in [-0.25, -0.2) is 13.1 Å². The van der Waals surface area contributed by atoms with Crippen molar-refractivity contribution in [2.75, 3.05) is 16.7 Å². The molecule has 7 nitrogen and oxygen atoms in total. The van der Waals surface area contributed by atoms with Crippen molar-refractivity contribution in [3.63, 3.8) is 0 Å². The number of carbonyl (C=O) groups excluding carboxylic acids is 1. The zero-order valence-electron chi connectivity index (χ0n) is 15.3. The summed E-state index contributed by atoms with van der Waals surface area (Å²) in [6.07, 6.45) is 1.57. The van der Waals surface area contributed by atoms with E-state index in [1.54, 1.807) is 47.3 Å². The van der Waals surface area contributed by atoms with Crippen LogP contribution >= 0.6 is 11.6 Å². The molecule has 0 fully saturated rings. The maximum absolute atomic E-state index is 13.0. The molecule has 0 bridgehead atoms. The molecule has 9 heteroatoms. The Balaban J connectivity index is 1.93. The zero-order chi connectivity index (χ0) is 20.3. The van der Waals surface area contributed by atoms with Gasteiger partial charge in [-0.15, -0.1) is 0 Å². The number of nitrogens with zero attached hydrogens (tertiary/aromatic N) is 3. The molecular formula is C19H19ClN4O3S. The molecule has 0 aliphatic heterocycles. The molecule has 0 saturated carbocycles. The lowest BCUT2D eigenvalue weighted by Crippen LogP contribution is -2.27. The van der Waals surface area contributed by atoms with Crippen molar-refractivity contribution < 1.29 is 13.2 Å². The van der Waals surface area contributed by atoms with Crippen LogP contribution in [0.1, 0.15) is 17.3 Å². The monoisotopic (exact) mass is 418 g/mol. The predicted molar refractivity (Wildman–Crippen MR) is 109 cm³/mol. The number of anilines is 2. The van der Waals surface area contributed by atoms with Gasteiger partial charge in [-0.2, -0.15) is 5.10 Å². The van der Waals surface area contributed by atoms with Gasteiger partial charge < -0.3 is 5.32 Å². The van der Waals surface area contributed by atoms with Crippen LogP contribution in [0, 0.1) is 0 Å².